The first kappa shape index (κ1) is 17.9. The minimum atomic E-state index is 0.877. The van der Waals surface area contributed by atoms with E-state index < -0.39 is 0 Å². The van der Waals surface area contributed by atoms with Gasteiger partial charge in [0.2, 0.25) is 0 Å². The zero-order valence-electron chi connectivity index (χ0n) is 16.0. The van der Waals surface area contributed by atoms with Gasteiger partial charge in [-0.2, -0.15) is 0 Å². The van der Waals surface area contributed by atoms with Crippen molar-refractivity contribution in [2.24, 2.45) is 0 Å². The number of aromatic amines is 1. The fraction of sp³-hybridized carbons (Fsp3) is 0.632. The predicted octanol–water partition coefficient (Wildman–Crippen LogP) is 2.65. The van der Waals surface area contributed by atoms with Crippen LogP contribution in [0.1, 0.15) is 49.0 Å². The lowest BCUT2D eigenvalue weighted by molar-refractivity contribution is 0.246. The Balaban J connectivity index is 1.61. The highest BCUT2D eigenvalue weighted by atomic mass is 15.3. The van der Waals surface area contributed by atoms with Crippen LogP contribution in [0, 0.1) is 13.8 Å². The molecule has 0 aliphatic carbocycles. The number of aromatic nitrogens is 4. The fourth-order valence-corrected chi connectivity index (χ4v) is 3.39. The second kappa shape index (κ2) is 7.95. The third-order valence-corrected chi connectivity index (χ3v) is 4.82. The molecule has 3 heterocycles. The molecule has 0 saturated carbocycles. The summed E-state index contributed by atoms with van der Waals surface area (Å²) >= 11 is 0. The van der Waals surface area contributed by atoms with Crippen molar-refractivity contribution in [2.45, 2.75) is 53.5 Å². The molecule has 0 bridgehead atoms. The SMILES string of the molecule is CCCc1cc(N2CCN(Cc3nc(CC)[nH]c3C)CC2)nc(C)n1. The molecule has 0 atom stereocenters. The molecule has 3 rings (SSSR count). The number of nitrogens with zero attached hydrogens (tertiary/aromatic N) is 5. The Morgan fingerprint density at radius 2 is 1.80 bits per heavy atom. The van der Waals surface area contributed by atoms with E-state index >= 15 is 0 Å². The van der Waals surface area contributed by atoms with Crippen LogP contribution in [0.3, 0.4) is 0 Å². The second-order valence-electron chi connectivity index (χ2n) is 6.89. The van der Waals surface area contributed by atoms with E-state index in [0.717, 1.165) is 75.1 Å². The normalized spacial score (nSPS) is 15.8. The summed E-state index contributed by atoms with van der Waals surface area (Å²) in [5.41, 5.74) is 3.55. The van der Waals surface area contributed by atoms with Gasteiger partial charge in [0.05, 0.1) is 5.69 Å². The lowest BCUT2D eigenvalue weighted by Gasteiger charge is -2.35. The number of nitrogens with one attached hydrogen (secondary N) is 1. The molecule has 6 nitrogen and oxygen atoms in total. The lowest BCUT2D eigenvalue weighted by atomic mass is 10.2. The van der Waals surface area contributed by atoms with Crippen molar-refractivity contribution in [3.63, 3.8) is 0 Å². The zero-order chi connectivity index (χ0) is 17.8. The van der Waals surface area contributed by atoms with Gasteiger partial charge >= 0.3 is 0 Å². The van der Waals surface area contributed by atoms with Crippen LogP contribution in [0.2, 0.25) is 0 Å². The highest BCUT2D eigenvalue weighted by Gasteiger charge is 2.20. The largest absolute Gasteiger partial charge is 0.354 e. The van der Waals surface area contributed by atoms with E-state index in [2.05, 4.69) is 51.6 Å². The monoisotopic (exact) mass is 342 g/mol. The van der Waals surface area contributed by atoms with Crippen LogP contribution in [0.5, 0.6) is 0 Å². The van der Waals surface area contributed by atoms with Gasteiger partial charge in [-0.25, -0.2) is 15.0 Å². The van der Waals surface area contributed by atoms with Crippen LogP contribution in [-0.2, 0) is 19.4 Å². The predicted molar refractivity (Wildman–Crippen MR) is 101 cm³/mol. The van der Waals surface area contributed by atoms with Gasteiger partial charge in [-0.05, 0) is 20.3 Å². The number of hydrogen-bond acceptors (Lipinski definition) is 5. The first-order valence-corrected chi connectivity index (χ1v) is 9.45. The van der Waals surface area contributed by atoms with Gasteiger partial charge in [0.1, 0.15) is 17.5 Å². The Kier molecular flexibility index (Phi) is 5.68. The molecule has 2 aromatic rings. The fourth-order valence-electron chi connectivity index (χ4n) is 3.39. The van der Waals surface area contributed by atoms with Gasteiger partial charge in [-0.1, -0.05) is 20.3 Å². The van der Waals surface area contributed by atoms with E-state index in [9.17, 15) is 0 Å². The summed E-state index contributed by atoms with van der Waals surface area (Å²) in [5, 5.41) is 0. The Labute approximate surface area is 150 Å². The molecular formula is C19H30N6. The molecule has 6 heteroatoms. The number of anilines is 1. The quantitative estimate of drug-likeness (QED) is 0.874. The Morgan fingerprint density at radius 3 is 2.44 bits per heavy atom. The van der Waals surface area contributed by atoms with E-state index in [1.807, 2.05) is 6.92 Å². The molecule has 1 saturated heterocycles. The summed E-state index contributed by atoms with van der Waals surface area (Å²) in [5.74, 6) is 3.05. The van der Waals surface area contributed by atoms with Gasteiger partial charge < -0.3 is 9.88 Å². The van der Waals surface area contributed by atoms with Crippen molar-refractivity contribution in [1.29, 1.82) is 0 Å². The van der Waals surface area contributed by atoms with Crippen molar-refractivity contribution in [1.82, 2.24) is 24.8 Å². The maximum atomic E-state index is 4.71. The molecule has 25 heavy (non-hydrogen) atoms. The minimum Gasteiger partial charge on any atom is -0.354 e. The molecule has 0 aromatic carbocycles. The third kappa shape index (κ3) is 4.37. The van der Waals surface area contributed by atoms with E-state index in [0.29, 0.717) is 0 Å². The van der Waals surface area contributed by atoms with Gasteiger partial charge in [-0.3, -0.25) is 4.90 Å². The van der Waals surface area contributed by atoms with Crippen LogP contribution in [-0.4, -0.2) is 51.0 Å². The van der Waals surface area contributed by atoms with Gasteiger partial charge in [0.25, 0.3) is 0 Å². The van der Waals surface area contributed by atoms with Crippen molar-refractivity contribution in [3.8, 4) is 0 Å². The van der Waals surface area contributed by atoms with E-state index in [1.54, 1.807) is 0 Å². The van der Waals surface area contributed by atoms with Crippen molar-refractivity contribution < 1.29 is 0 Å². The molecule has 0 radical (unpaired) electrons. The number of hydrogen-bond donors (Lipinski definition) is 1. The summed E-state index contributed by atoms with van der Waals surface area (Å²) in [6.07, 6.45) is 3.10. The number of imidazole rings is 1. The molecule has 1 aliphatic heterocycles. The van der Waals surface area contributed by atoms with E-state index in [4.69, 9.17) is 4.98 Å². The summed E-state index contributed by atoms with van der Waals surface area (Å²) in [6, 6.07) is 2.16. The molecule has 136 valence electrons. The summed E-state index contributed by atoms with van der Waals surface area (Å²) in [4.78, 5) is 22.2. The average molecular weight is 342 g/mol. The Bertz CT molecular complexity index is 700. The van der Waals surface area contributed by atoms with E-state index in [1.165, 1.54) is 11.4 Å². The number of rotatable bonds is 6. The first-order chi connectivity index (χ1) is 12.1. The standard InChI is InChI=1S/C19H30N6/c1-5-7-16-12-19(22-15(4)21-16)25-10-8-24(9-11-25)13-17-14(3)20-18(6-2)23-17/h12H,5-11,13H2,1-4H3,(H,20,23). The van der Waals surface area contributed by atoms with Crippen LogP contribution in [0.25, 0.3) is 0 Å². The van der Waals surface area contributed by atoms with Gasteiger partial charge in [-0.15, -0.1) is 0 Å². The van der Waals surface area contributed by atoms with Crippen molar-refractivity contribution in [3.05, 3.63) is 34.8 Å². The lowest BCUT2D eigenvalue weighted by Crippen LogP contribution is -2.46. The van der Waals surface area contributed by atoms with E-state index in [-0.39, 0.29) is 0 Å². The second-order valence-corrected chi connectivity index (χ2v) is 6.89. The number of aryl methyl sites for hydroxylation is 4. The highest BCUT2D eigenvalue weighted by molar-refractivity contribution is 5.40. The van der Waals surface area contributed by atoms with Crippen molar-refractivity contribution >= 4 is 5.82 Å². The van der Waals surface area contributed by atoms with Crippen molar-refractivity contribution in [2.75, 3.05) is 31.1 Å². The molecule has 1 fully saturated rings. The maximum absolute atomic E-state index is 4.71. The molecular weight excluding hydrogens is 312 g/mol. The molecule has 2 aromatic heterocycles. The number of piperazine rings is 1. The van der Waals surface area contributed by atoms with Gasteiger partial charge in [0.15, 0.2) is 0 Å². The first-order valence-electron chi connectivity index (χ1n) is 9.45. The summed E-state index contributed by atoms with van der Waals surface area (Å²) in [6.45, 7) is 13.5. The molecule has 0 amide bonds. The average Bonchev–Trinajstić information content (AvgIpc) is 2.95. The highest BCUT2D eigenvalue weighted by Crippen LogP contribution is 2.18. The minimum absolute atomic E-state index is 0.877. The summed E-state index contributed by atoms with van der Waals surface area (Å²) in [7, 11) is 0. The number of H-pyrrole nitrogens is 1. The molecule has 0 unspecified atom stereocenters. The molecule has 0 spiro atoms. The smallest absolute Gasteiger partial charge is 0.132 e. The summed E-state index contributed by atoms with van der Waals surface area (Å²) < 4.78 is 0. The molecule has 1 aliphatic rings. The van der Waals surface area contributed by atoms with Crippen LogP contribution < -0.4 is 4.90 Å². The maximum Gasteiger partial charge on any atom is 0.132 e. The van der Waals surface area contributed by atoms with Crippen LogP contribution in [0.4, 0.5) is 5.82 Å². The molecule has 1 N–H and O–H groups in total. The Hall–Kier alpha value is -1.95. The van der Waals surface area contributed by atoms with Gasteiger partial charge in [0, 0.05) is 56.6 Å². The zero-order valence-corrected chi connectivity index (χ0v) is 16.0. The Morgan fingerprint density at radius 1 is 1.04 bits per heavy atom. The van der Waals surface area contributed by atoms with Crippen LogP contribution >= 0.6 is 0 Å². The topological polar surface area (TPSA) is 60.9 Å². The van der Waals surface area contributed by atoms with Crippen LogP contribution in [0.15, 0.2) is 6.07 Å². The third-order valence-electron chi connectivity index (χ3n) is 4.82.